The molecule has 24 heavy (non-hydrogen) atoms. The van der Waals surface area contributed by atoms with Gasteiger partial charge in [-0.25, -0.2) is 4.39 Å². The van der Waals surface area contributed by atoms with Crippen LogP contribution in [0.5, 0.6) is 0 Å². The van der Waals surface area contributed by atoms with Gasteiger partial charge in [-0.15, -0.1) is 0 Å². The Labute approximate surface area is 140 Å². The number of hydrogen-bond donors (Lipinski definition) is 1. The van der Waals surface area contributed by atoms with E-state index in [9.17, 15) is 14.0 Å². The summed E-state index contributed by atoms with van der Waals surface area (Å²) in [6, 6.07) is 12.7. The van der Waals surface area contributed by atoms with Crippen LogP contribution in [-0.2, 0) is 4.79 Å². The Morgan fingerprint density at radius 1 is 1.04 bits per heavy atom. The second kappa shape index (κ2) is 7.59. The summed E-state index contributed by atoms with van der Waals surface area (Å²) in [5, 5.41) is 0. The highest BCUT2D eigenvalue weighted by Crippen LogP contribution is 2.21. The molecule has 0 saturated carbocycles. The molecule has 5 nitrogen and oxygen atoms in total. The Kier molecular flexibility index (Phi) is 5.52. The van der Waals surface area contributed by atoms with E-state index in [1.165, 1.54) is 29.2 Å². The van der Waals surface area contributed by atoms with Crippen molar-refractivity contribution in [1.82, 2.24) is 0 Å². The molecule has 2 aromatic carbocycles. The maximum Gasteiger partial charge on any atom is 0.258 e. The number of carbonyl (C=O) groups is 2. The molecule has 0 saturated heterocycles. The molecule has 0 radical (unpaired) electrons. The van der Waals surface area contributed by atoms with Crippen molar-refractivity contribution in [2.75, 3.05) is 30.4 Å². The van der Waals surface area contributed by atoms with Crippen molar-refractivity contribution in [1.29, 1.82) is 0 Å². The van der Waals surface area contributed by atoms with E-state index in [0.717, 1.165) is 5.69 Å². The summed E-state index contributed by atoms with van der Waals surface area (Å²) in [6.45, 7) is 0.131. The van der Waals surface area contributed by atoms with Crippen LogP contribution in [-0.4, -0.2) is 32.5 Å². The summed E-state index contributed by atoms with van der Waals surface area (Å²) in [7, 11) is 3.77. The molecule has 2 amide bonds. The zero-order chi connectivity index (χ0) is 17.7. The number of nitrogens with two attached hydrogens (primary N) is 1. The number of primary amides is 1. The fourth-order valence-electron chi connectivity index (χ4n) is 2.26. The van der Waals surface area contributed by atoms with E-state index in [1.54, 1.807) is 18.2 Å². The molecule has 6 heteroatoms. The first-order valence-electron chi connectivity index (χ1n) is 7.51. The monoisotopic (exact) mass is 329 g/mol. The van der Waals surface area contributed by atoms with E-state index in [-0.39, 0.29) is 18.9 Å². The van der Waals surface area contributed by atoms with Gasteiger partial charge < -0.3 is 15.5 Å². The number of halogens is 1. The number of hydrogen-bond acceptors (Lipinski definition) is 3. The smallest absolute Gasteiger partial charge is 0.258 e. The molecule has 2 N–H and O–H groups in total. The van der Waals surface area contributed by atoms with E-state index in [1.807, 2.05) is 25.1 Å². The first-order chi connectivity index (χ1) is 11.4. The normalized spacial score (nSPS) is 10.3. The van der Waals surface area contributed by atoms with Gasteiger partial charge in [0.15, 0.2) is 0 Å². The summed E-state index contributed by atoms with van der Waals surface area (Å²) >= 11 is 0. The third-order valence-electron chi connectivity index (χ3n) is 3.57. The second-order valence-electron chi connectivity index (χ2n) is 5.59. The first-order valence-corrected chi connectivity index (χ1v) is 7.51. The van der Waals surface area contributed by atoms with Gasteiger partial charge in [0.05, 0.1) is 0 Å². The van der Waals surface area contributed by atoms with Gasteiger partial charge in [0.25, 0.3) is 5.91 Å². The molecular weight excluding hydrogens is 309 g/mol. The molecule has 0 bridgehead atoms. The van der Waals surface area contributed by atoms with Crippen LogP contribution in [0.25, 0.3) is 0 Å². The largest absolute Gasteiger partial charge is 0.378 e. The number of rotatable bonds is 6. The van der Waals surface area contributed by atoms with Crippen LogP contribution in [0.2, 0.25) is 0 Å². The Hall–Kier alpha value is -2.89. The summed E-state index contributed by atoms with van der Waals surface area (Å²) in [4.78, 5) is 27.3. The SMILES string of the molecule is CN(C)c1cccc(C(=O)N(CCC(N)=O)c2ccc(F)cc2)c1. The van der Waals surface area contributed by atoms with Gasteiger partial charge in [-0.3, -0.25) is 9.59 Å². The van der Waals surface area contributed by atoms with Gasteiger partial charge in [0.2, 0.25) is 5.91 Å². The zero-order valence-corrected chi connectivity index (χ0v) is 13.7. The quantitative estimate of drug-likeness (QED) is 0.885. The highest BCUT2D eigenvalue weighted by molar-refractivity contribution is 6.06. The number of benzene rings is 2. The van der Waals surface area contributed by atoms with Crippen LogP contribution < -0.4 is 15.5 Å². The van der Waals surface area contributed by atoms with E-state index < -0.39 is 11.7 Å². The molecule has 0 aliphatic carbocycles. The molecule has 0 aliphatic rings. The number of nitrogens with zero attached hydrogens (tertiary/aromatic N) is 2. The molecule has 0 aliphatic heterocycles. The Morgan fingerprint density at radius 2 is 1.71 bits per heavy atom. The van der Waals surface area contributed by atoms with Crippen molar-refractivity contribution in [3.63, 3.8) is 0 Å². The molecule has 0 atom stereocenters. The lowest BCUT2D eigenvalue weighted by Crippen LogP contribution is -2.34. The minimum Gasteiger partial charge on any atom is -0.378 e. The number of anilines is 2. The molecule has 0 heterocycles. The van der Waals surface area contributed by atoms with Crippen LogP contribution in [0, 0.1) is 5.82 Å². The Balaban J connectivity index is 2.34. The topological polar surface area (TPSA) is 66.6 Å². The fraction of sp³-hybridized carbons (Fsp3) is 0.222. The molecule has 2 rings (SSSR count). The standard InChI is InChI=1S/C18H20FN3O2/c1-21(2)16-5-3-4-13(12-16)18(24)22(11-10-17(20)23)15-8-6-14(19)7-9-15/h3-9,12H,10-11H2,1-2H3,(H2,20,23). The van der Waals surface area contributed by atoms with E-state index in [2.05, 4.69) is 0 Å². The van der Waals surface area contributed by atoms with E-state index in [0.29, 0.717) is 11.3 Å². The summed E-state index contributed by atoms with van der Waals surface area (Å²) in [5.74, 6) is -1.17. The summed E-state index contributed by atoms with van der Waals surface area (Å²) in [5.41, 5.74) is 7.08. The molecule has 2 aromatic rings. The van der Waals surface area contributed by atoms with Crippen molar-refractivity contribution in [3.8, 4) is 0 Å². The van der Waals surface area contributed by atoms with Crippen molar-refractivity contribution < 1.29 is 14.0 Å². The Bertz CT molecular complexity index is 729. The van der Waals surface area contributed by atoms with Crippen molar-refractivity contribution in [3.05, 3.63) is 59.9 Å². The second-order valence-corrected chi connectivity index (χ2v) is 5.59. The fourth-order valence-corrected chi connectivity index (χ4v) is 2.26. The highest BCUT2D eigenvalue weighted by atomic mass is 19.1. The minimum atomic E-state index is -0.503. The summed E-state index contributed by atoms with van der Waals surface area (Å²) in [6.07, 6.45) is 0.0243. The van der Waals surface area contributed by atoms with Crippen LogP contribution in [0.15, 0.2) is 48.5 Å². The maximum atomic E-state index is 13.1. The van der Waals surface area contributed by atoms with Crippen molar-refractivity contribution >= 4 is 23.2 Å². The summed E-state index contributed by atoms with van der Waals surface area (Å²) < 4.78 is 13.1. The molecule has 0 aromatic heterocycles. The third-order valence-corrected chi connectivity index (χ3v) is 3.57. The third kappa shape index (κ3) is 4.32. The zero-order valence-electron chi connectivity index (χ0n) is 13.7. The van der Waals surface area contributed by atoms with Gasteiger partial charge in [0.1, 0.15) is 5.82 Å². The van der Waals surface area contributed by atoms with E-state index in [4.69, 9.17) is 5.73 Å². The predicted molar refractivity (Wildman–Crippen MR) is 92.7 cm³/mol. The Morgan fingerprint density at radius 3 is 2.29 bits per heavy atom. The molecule has 0 unspecified atom stereocenters. The number of carbonyl (C=O) groups excluding carboxylic acids is 2. The lowest BCUT2D eigenvalue weighted by atomic mass is 10.1. The van der Waals surface area contributed by atoms with Gasteiger partial charge in [-0.05, 0) is 42.5 Å². The van der Waals surface area contributed by atoms with Crippen molar-refractivity contribution in [2.45, 2.75) is 6.42 Å². The number of amides is 2. The van der Waals surface area contributed by atoms with Gasteiger partial charge in [0, 0.05) is 44.0 Å². The average Bonchev–Trinajstić information content (AvgIpc) is 2.56. The predicted octanol–water partition coefficient (Wildman–Crippen LogP) is 2.41. The van der Waals surface area contributed by atoms with Crippen molar-refractivity contribution in [2.24, 2.45) is 5.73 Å². The molecule has 126 valence electrons. The maximum absolute atomic E-state index is 13.1. The van der Waals surface area contributed by atoms with Crippen LogP contribution in [0.1, 0.15) is 16.8 Å². The molecule has 0 spiro atoms. The van der Waals surface area contributed by atoms with Crippen LogP contribution in [0.4, 0.5) is 15.8 Å². The lowest BCUT2D eigenvalue weighted by Gasteiger charge is -2.23. The minimum absolute atomic E-state index is 0.0243. The van der Waals surface area contributed by atoms with Crippen LogP contribution >= 0.6 is 0 Å². The lowest BCUT2D eigenvalue weighted by molar-refractivity contribution is -0.117. The first kappa shape index (κ1) is 17.5. The van der Waals surface area contributed by atoms with E-state index >= 15 is 0 Å². The average molecular weight is 329 g/mol. The molecule has 0 fully saturated rings. The van der Waals surface area contributed by atoms with Gasteiger partial charge in [-0.1, -0.05) is 6.07 Å². The van der Waals surface area contributed by atoms with Crippen LogP contribution in [0.3, 0.4) is 0 Å². The van der Waals surface area contributed by atoms with Gasteiger partial charge >= 0.3 is 0 Å². The van der Waals surface area contributed by atoms with Gasteiger partial charge in [-0.2, -0.15) is 0 Å². The molecular formula is C18H20FN3O2. The highest BCUT2D eigenvalue weighted by Gasteiger charge is 2.19.